The Kier molecular flexibility index (Phi) is 3.49. The van der Waals surface area contributed by atoms with Gasteiger partial charge in [-0.1, -0.05) is 36.4 Å². The lowest BCUT2D eigenvalue weighted by atomic mass is 9.92. The van der Waals surface area contributed by atoms with Crippen molar-refractivity contribution in [1.82, 2.24) is 9.88 Å². The van der Waals surface area contributed by atoms with Crippen molar-refractivity contribution in [2.45, 2.75) is 49.6 Å². The van der Waals surface area contributed by atoms with Gasteiger partial charge in [0.05, 0.1) is 23.3 Å². The molecule has 3 nitrogen and oxygen atoms in total. The van der Waals surface area contributed by atoms with Crippen LogP contribution in [0.3, 0.4) is 0 Å². The van der Waals surface area contributed by atoms with Gasteiger partial charge in [0.1, 0.15) is 5.82 Å². The van der Waals surface area contributed by atoms with E-state index in [-0.39, 0.29) is 23.8 Å². The summed E-state index contributed by atoms with van der Waals surface area (Å²) in [7, 11) is 0. The molecule has 1 aliphatic carbocycles. The van der Waals surface area contributed by atoms with Gasteiger partial charge in [0.25, 0.3) is 0 Å². The predicted molar refractivity (Wildman–Crippen MR) is 97.8 cm³/mol. The van der Waals surface area contributed by atoms with Crippen LogP contribution >= 0.6 is 0 Å². The van der Waals surface area contributed by atoms with Crippen LogP contribution in [0.1, 0.15) is 43.4 Å². The third-order valence-corrected chi connectivity index (χ3v) is 6.15. The normalized spacial score (nSPS) is 25.7. The Balaban J connectivity index is 1.44. The molecule has 1 amide bonds. The Bertz CT molecular complexity index is 871. The van der Waals surface area contributed by atoms with Crippen LogP contribution in [0, 0.1) is 5.82 Å². The maximum atomic E-state index is 13.4. The quantitative estimate of drug-likeness (QED) is 0.837. The Morgan fingerprint density at radius 1 is 1.12 bits per heavy atom. The lowest BCUT2D eigenvalue weighted by molar-refractivity contribution is -0.136. The summed E-state index contributed by atoms with van der Waals surface area (Å²) in [4.78, 5) is 19.8. The summed E-state index contributed by atoms with van der Waals surface area (Å²) < 4.78 is 13.2. The third kappa shape index (κ3) is 2.39. The van der Waals surface area contributed by atoms with Crippen molar-refractivity contribution in [1.29, 1.82) is 0 Å². The summed E-state index contributed by atoms with van der Waals surface area (Å²) in [6.45, 7) is 0. The second-order valence-electron chi connectivity index (χ2n) is 7.72. The molecule has 2 aliphatic heterocycles. The smallest absolute Gasteiger partial charge is 0.235 e. The number of hydrogen-bond acceptors (Lipinski definition) is 2. The fraction of sp³-hybridized carbons (Fsp3) is 0.364. The fourth-order valence-electron chi connectivity index (χ4n) is 4.62. The molecule has 2 fully saturated rings. The number of nitrogens with zero attached hydrogens (tertiary/aromatic N) is 2. The number of carbonyl (C=O) groups excluding carboxylic acids is 1. The third-order valence-electron chi connectivity index (χ3n) is 6.15. The number of carbonyl (C=O) groups is 1. The molecule has 3 aliphatic rings. The lowest BCUT2D eigenvalue weighted by Gasteiger charge is -2.36. The van der Waals surface area contributed by atoms with Crippen LogP contribution in [0.4, 0.5) is 4.39 Å². The zero-order chi connectivity index (χ0) is 17.7. The van der Waals surface area contributed by atoms with Crippen LogP contribution in [-0.4, -0.2) is 27.9 Å². The van der Waals surface area contributed by atoms with E-state index in [0.717, 1.165) is 37.8 Å². The second kappa shape index (κ2) is 5.76. The lowest BCUT2D eigenvalue weighted by Crippen LogP contribution is -2.48. The topological polar surface area (TPSA) is 33.2 Å². The van der Waals surface area contributed by atoms with Crippen LogP contribution in [0.5, 0.6) is 0 Å². The number of benzene rings is 1. The fourth-order valence-corrected chi connectivity index (χ4v) is 4.62. The van der Waals surface area contributed by atoms with Gasteiger partial charge in [0.15, 0.2) is 0 Å². The van der Waals surface area contributed by atoms with Gasteiger partial charge in [-0.3, -0.25) is 9.78 Å². The molecular formula is C22H21FN2O. The molecule has 1 saturated heterocycles. The average molecular weight is 348 g/mol. The van der Waals surface area contributed by atoms with Gasteiger partial charge in [0, 0.05) is 6.04 Å². The van der Waals surface area contributed by atoms with E-state index in [4.69, 9.17) is 0 Å². The van der Waals surface area contributed by atoms with Crippen LogP contribution in [0.25, 0.3) is 5.57 Å². The standard InChI is InChI=1S/C22H21FN2O/c23-17-6-9-20(24-14-17)22(10-11-22)21(26)25-18-7-8-19(25)13-16(12-18)15-4-2-1-3-5-15/h1-6,9,12,14,18-19H,7-8,10-11,13H2. The zero-order valence-corrected chi connectivity index (χ0v) is 14.6. The summed E-state index contributed by atoms with van der Waals surface area (Å²) in [5, 5.41) is 0. The van der Waals surface area contributed by atoms with Gasteiger partial charge in [-0.2, -0.15) is 0 Å². The summed E-state index contributed by atoms with van der Waals surface area (Å²) in [6.07, 6.45) is 8.13. The summed E-state index contributed by atoms with van der Waals surface area (Å²) in [6, 6.07) is 14.0. The molecule has 2 unspecified atom stereocenters. The van der Waals surface area contributed by atoms with Gasteiger partial charge in [-0.05, 0) is 55.4 Å². The van der Waals surface area contributed by atoms with E-state index in [2.05, 4.69) is 40.2 Å². The Morgan fingerprint density at radius 3 is 2.58 bits per heavy atom. The van der Waals surface area contributed by atoms with E-state index in [1.165, 1.54) is 23.4 Å². The minimum absolute atomic E-state index is 0.175. The maximum absolute atomic E-state index is 13.4. The predicted octanol–water partition coefficient (Wildman–Crippen LogP) is 4.10. The molecule has 1 aromatic heterocycles. The van der Waals surface area contributed by atoms with Crippen LogP contribution < -0.4 is 0 Å². The number of rotatable bonds is 3. The van der Waals surface area contributed by atoms with Crippen molar-refractivity contribution >= 4 is 11.5 Å². The average Bonchev–Trinajstić information content (AvgIpc) is 3.44. The number of aromatic nitrogens is 1. The van der Waals surface area contributed by atoms with Crippen LogP contribution in [-0.2, 0) is 10.2 Å². The van der Waals surface area contributed by atoms with Crippen molar-refractivity contribution in [3.05, 3.63) is 71.8 Å². The van der Waals surface area contributed by atoms with Gasteiger partial charge >= 0.3 is 0 Å². The molecule has 0 radical (unpaired) electrons. The molecule has 26 heavy (non-hydrogen) atoms. The highest BCUT2D eigenvalue weighted by Crippen LogP contribution is 2.51. The van der Waals surface area contributed by atoms with Gasteiger partial charge in [0.2, 0.25) is 5.91 Å². The van der Waals surface area contributed by atoms with E-state index < -0.39 is 5.41 Å². The molecule has 2 bridgehead atoms. The monoisotopic (exact) mass is 348 g/mol. The number of fused-ring (bicyclic) bond motifs is 2. The molecule has 0 N–H and O–H groups in total. The van der Waals surface area contributed by atoms with Crippen LogP contribution in [0.15, 0.2) is 54.7 Å². The molecular weight excluding hydrogens is 327 g/mol. The Hall–Kier alpha value is -2.49. The molecule has 2 atom stereocenters. The number of pyridine rings is 1. The highest BCUT2D eigenvalue weighted by Gasteiger charge is 2.57. The van der Waals surface area contributed by atoms with E-state index in [1.54, 1.807) is 6.07 Å². The Morgan fingerprint density at radius 2 is 1.92 bits per heavy atom. The number of halogens is 1. The van der Waals surface area contributed by atoms with Crippen molar-refractivity contribution in [3.63, 3.8) is 0 Å². The van der Waals surface area contributed by atoms with E-state index in [9.17, 15) is 9.18 Å². The minimum Gasteiger partial charge on any atom is -0.332 e. The van der Waals surface area contributed by atoms with E-state index in [0.29, 0.717) is 0 Å². The van der Waals surface area contributed by atoms with Crippen molar-refractivity contribution < 1.29 is 9.18 Å². The number of amides is 1. The van der Waals surface area contributed by atoms with E-state index in [1.807, 2.05) is 6.07 Å². The molecule has 4 heteroatoms. The van der Waals surface area contributed by atoms with Crippen molar-refractivity contribution in [3.8, 4) is 0 Å². The highest BCUT2D eigenvalue weighted by molar-refractivity contribution is 5.92. The van der Waals surface area contributed by atoms with Gasteiger partial charge in [-0.15, -0.1) is 0 Å². The summed E-state index contributed by atoms with van der Waals surface area (Å²) in [5.41, 5.74) is 2.82. The first kappa shape index (κ1) is 15.7. The van der Waals surface area contributed by atoms with Crippen LogP contribution in [0.2, 0.25) is 0 Å². The first-order chi connectivity index (χ1) is 12.7. The van der Waals surface area contributed by atoms with Gasteiger partial charge < -0.3 is 4.90 Å². The summed E-state index contributed by atoms with van der Waals surface area (Å²) >= 11 is 0. The Labute approximate surface area is 152 Å². The van der Waals surface area contributed by atoms with Crippen molar-refractivity contribution in [2.24, 2.45) is 0 Å². The molecule has 1 saturated carbocycles. The molecule has 5 rings (SSSR count). The molecule has 3 heterocycles. The first-order valence-corrected chi connectivity index (χ1v) is 9.38. The summed E-state index contributed by atoms with van der Waals surface area (Å²) in [5.74, 6) is -0.169. The zero-order valence-electron chi connectivity index (χ0n) is 14.6. The maximum Gasteiger partial charge on any atom is 0.235 e. The largest absolute Gasteiger partial charge is 0.332 e. The minimum atomic E-state index is -0.521. The molecule has 2 aromatic rings. The first-order valence-electron chi connectivity index (χ1n) is 9.38. The molecule has 1 aromatic carbocycles. The molecule has 132 valence electrons. The number of hydrogen-bond donors (Lipinski definition) is 0. The highest BCUT2D eigenvalue weighted by atomic mass is 19.1. The SMILES string of the molecule is O=C(N1C2C=C(c3ccccc3)CC1CC2)C1(c2ccc(F)cn2)CC1. The van der Waals surface area contributed by atoms with E-state index >= 15 is 0 Å². The van der Waals surface area contributed by atoms with Crippen molar-refractivity contribution in [2.75, 3.05) is 0 Å². The second-order valence-corrected chi connectivity index (χ2v) is 7.72. The van der Waals surface area contributed by atoms with Gasteiger partial charge in [-0.25, -0.2) is 4.39 Å². The molecule has 0 spiro atoms.